The van der Waals surface area contributed by atoms with Gasteiger partial charge >= 0.3 is 47.8 Å². The zero-order chi connectivity index (χ0) is 49.2. The molecule has 0 bridgehead atoms. The standard InChI is InChI=1S/2C18H14O9.C12H10S/c2*19-15(20)9-1-3-13(17(23)24)11(5-9)7-27-8-12-6-10(16(21)22)2-4-14(12)18(25)26;1-3-7-11(8-4-1)13-12-9-5-2-6-10-12/h2*1-6H,7-8H2,(H,19,20)(H,21,22)(H,23,24)(H,25,26);1-10H. The topological polar surface area (TPSA) is 317 Å². The van der Waals surface area contributed by atoms with E-state index >= 15 is 0 Å². The van der Waals surface area contributed by atoms with Crippen molar-refractivity contribution in [3.05, 3.63) is 200 Å². The first-order chi connectivity index (χ1) is 31.9. The van der Waals surface area contributed by atoms with Gasteiger partial charge < -0.3 is 50.3 Å². The number of rotatable bonds is 18. The highest BCUT2D eigenvalue weighted by Crippen LogP contribution is 2.26. The minimum atomic E-state index is -1.27. The Labute approximate surface area is 383 Å². The smallest absolute Gasteiger partial charge is 0.336 e. The molecule has 6 rings (SSSR count). The third-order valence-corrected chi connectivity index (χ3v) is 10.1. The average Bonchev–Trinajstić information content (AvgIpc) is 3.29. The van der Waals surface area contributed by atoms with Crippen LogP contribution in [0, 0.1) is 0 Å². The quantitative estimate of drug-likeness (QED) is 0.0402. The fourth-order valence-electron chi connectivity index (χ4n) is 5.87. The third-order valence-electron chi connectivity index (χ3n) is 9.08. The van der Waals surface area contributed by atoms with Gasteiger partial charge in [0, 0.05) is 9.79 Å². The maximum atomic E-state index is 11.3. The average molecular weight is 935 g/mol. The monoisotopic (exact) mass is 934 g/mol. The lowest BCUT2D eigenvalue weighted by atomic mass is 10.0. The Morgan fingerprint density at radius 3 is 0.731 bits per heavy atom. The molecule has 0 amide bonds. The van der Waals surface area contributed by atoms with Crippen LogP contribution in [0.5, 0.6) is 0 Å². The normalized spacial score (nSPS) is 10.3. The SMILES string of the molecule is O=C(O)c1ccc(C(=O)O)c(COCc2cc(C(=O)O)ccc2C(=O)O)c1.O=C(O)c1ccc(C(=O)O)c(COCc2cc(C(=O)O)ccc2C(=O)O)c1.c1ccc(Sc2ccccc2)cc1. The molecule has 0 fully saturated rings. The van der Waals surface area contributed by atoms with Gasteiger partial charge in [-0.25, -0.2) is 38.4 Å². The fraction of sp³-hybridized carbons (Fsp3) is 0.0833. The van der Waals surface area contributed by atoms with Crippen LogP contribution in [0.25, 0.3) is 0 Å². The molecule has 0 aliphatic heterocycles. The first-order valence-electron chi connectivity index (χ1n) is 19.2. The number of hydrogen-bond acceptors (Lipinski definition) is 11. The van der Waals surface area contributed by atoms with Crippen LogP contribution in [-0.4, -0.2) is 88.6 Å². The molecule has 0 aliphatic rings. The Hall–Kier alpha value is -8.65. The van der Waals surface area contributed by atoms with Crippen molar-refractivity contribution in [3.63, 3.8) is 0 Å². The molecular formula is C48H38O18S. The van der Waals surface area contributed by atoms with E-state index in [0.29, 0.717) is 0 Å². The van der Waals surface area contributed by atoms with Crippen LogP contribution < -0.4 is 0 Å². The highest BCUT2D eigenvalue weighted by molar-refractivity contribution is 7.99. The van der Waals surface area contributed by atoms with Crippen molar-refractivity contribution < 1.29 is 88.7 Å². The maximum absolute atomic E-state index is 11.3. The van der Waals surface area contributed by atoms with Gasteiger partial charge in [-0.15, -0.1) is 0 Å². The van der Waals surface area contributed by atoms with E-state index < -0.39 is 47.8 Å². The Bertz CT molecular complexity index is 2460. The summed E-state index contributed by atoms with van der Waals surface area (Å²) in [6.07, 6.45) is 0. The van der Waals surface area contributed by atoms with Crippen LogP contribution in [0.3, 0.4) is 0 Å². The van der Waals surface area contributed by atoms with Gasteiger partial charge in [0.25, 0.3) is 0 Å². The second-order valence-corrected chi connectivity index (χ2v) is 14.8. The molecule has 0 atom stereocenters. The Kier molecular flexibility index (Phi) is 18.6. The van der Waals surface area contributed by atoms with Gasteiger partial charge in [0.1, 0.15) is 0 Å². The van der Waals surface area contributed by atoms with Crippen molar-refractivity contribution in [2.24, 2.45) is 0 Å². The van der Waals surface area contributed by atoms with Gasteiger partial charge in [0.2, 0.25) is 0 Å². The molecule has 8 N–H and O–H groups in total. The Morgan fingerprint density at radius 2 is 0.537 bits per heavy atom. The summed E-state index contributed by atoms with van der Waals surface area (Å²) in [5.41, 5.74) is -0.763. The fourth-order valence-corrected chi connectivity index (χ4v) is 6.73. The van der Waals surface area contributed by atoms with Crippen molar-refractivity contribution in [1.29, 1.82) is 0 Å². The second kappa shape index (κ2) is 24.4. The first-order valence-corrected chi connectivity index (χ1v) is 20.0. The number of carbonyl (C=O) groups is 8. The van der Waals surface area contributed by atoms with E-state index in [0.717, 1.165) is 72.8 Å². The van der Waals surface area contributed by atoms with Gasteiger partial charge in [-0.05, 0) is 119 Å². The van der Waals surface area contributed by atoms with E-state index in [1.807, 2.05) is 12.1 Å². The van der Waals surface area contributed by atoms with Crippen LogP contribution in [0.2, 0.25) is 0 Å². The lowest BCUT2D eigenvalue weighted by Gasteiger charge is -2.11. The molecule has 0 saturated carbocycles. The molecule has 0 saturated heterocycles. The number of ether oxygens (including phenoxy) is 2. The summed E-state index contributed by atoms with van der Waals surface area (Å²) in [5.74, 6) is -10.1. The van der Waals surface area contributed by atoms with E-state index in [-0.39, 0.29) is 93.2 Å². The number of hydrogen-bond donors (Lipinski definition) is 8. The van der Waals surface area contributed by atoms with Crippen molar-refractivity contribution in [2.75, 3.05) is 0 Å². The van der Waals surface area contributed by atoms with Gasteiger partial charge in [0.15, 0.2) is 0 Å². The molecule has 0 radical (unpaired) electrons. The second-order valence-electron chi connectivity index (χ2n) is 13.6. The summed E-state index contributed by atoms with van der Waals surface area (Å²) >= 11 is 1.79. The summed E-state index contributed by atoms with van der Waals surface area (Å²) in [7, 11) is 0. The Morgan fingerprint density at radius 1 is 0.313 bits per heavy atom. The summed E-state index contributed by atoms with van der Waals surface area (Å²) in [5, 5.41) is 72.8. The molecular weight excluding hydrogens is 897 g/mol. The molecule has 344 valence electrons. The molecule has 0 unspecified atom stereocenters. The van der Waals surface area contributed by atoms with Gasteiger partial charge in [-0.3, -0.25) is 0 Å². The lowest BCUT2D eigenvalue weighted by molar-refractivity contribution is 0.0659. The third kappa shape index (κ3) is 15.2. The van der Waals surface area contributed by atoms with E-state index in [1.165, 1.54) is 9.79 Å². The largest absolute Gasteiger partial charge is 0.478 e. The molecule has 0 spiro atoms. The van der Waals surface area contributed by atoms with Crippen molar-refractivity contribution in [1.82, 2.24) is 0 Å². The zero-order valence-corrected chi connectivity index (χ0v) is 35.4. The molecule has 0 aliphatic carbocycles. The number of carboxylic acid groups (broad SMARTS) is 8. The summed E-state index contributed by atoms with van der Waals surface area (Å²) in [6, 6.07) is 34.5. The van der Waals surface area contributed by atoms with Crippen LogP contribution in [0.15, 0.2) is 143 Å². The summed E-state index contributed by atoms with van der Waals surface area (Å²) in [4.78, 5) is 91.7. The molecule has 19 heteroatoms. The van der Waals surface area contributed by atoms with Gasteiger partial charge in [-0.1, -0.05) is 48.2 Å². The van der Waals surface area contributed by atoms with Crippen LogP contribution in [0.1, 0.15) is 105 Å². The van der Waals surface area contributed by atoms with Gasteiger partial charge in [0.05, 0.1) is 70.9 Å². The molecule has 6 aromatic carbocycles. The van der Waals surface area contributed by atoms with Crippen LogP contribution in [0.4, 0.5) is 0 Å². The minimum absolute atomic E-state index is 0.0914. The summed E-state index contributed by atoms with van der Waals surface area (Å²) in [6.45, 7) is -1.23. The van der Waals surface area contributed by atoms with Gasteiger partial charge in [-0.2, -0.15) is 0 Å². The van der Waals surface area contributed by atoms with Crippen LogP contribution in [-0.2, 0) is 35.9 Å². The highest BCUT2D eigenvalue weighted by Gasteiger charge is 2.18. The molecule has 0 heterocycles. The van der Waals surface area contributed by atoms with Crippen molar-refractivity contribution in [3.8, 4) is 0 Å². The van der Waals surface area contributed by atoms with Crippen molar-refractivity contribution >= 4 is 59.5 Å². The molecule has 18 nitrogen and oxygen atoms in total. The summed E-state index contributed by atoms with van der Waals surface area (Å²) < 4.78 is 10.7. The predicted molar refractivity (Wildman–Crippen MR) is 235 cm³/mol. The predicted octanol–water partition coefficient (Wildman–Crippen LogP) is 8.23. The molecule has 0 aromatic heterocycles. The van der Waals surface area contributed by atoms with E-state index in [2.05, 4.69) is 48.5 Å². The van der Waals surface area contributed by atoms with E-state index in [1.54, 1.807) is 11.8 Å². The number of benzene rings is 6. The molecule has 6 aromatic rings. The first kappa shape index (κ1) is 51.0. The van der Waals surface area contributed by atoms with Crippen molar-refractivity contribution in [2.45, 2.75) is 36.2 Å². The zero-order valence-electron chi connectivity index (χ0n) is 34.6. The minimum Gasteiger partial charge on any atom is -0.478 e. The number of carboxylic acids is 8. The van der Waals surface area contributed by atoms with Crippen LogP contribution >= 0.6 is 11.8 Å². The van der Waals surface area contributed by atoms with E-state index in [4.69, 9.17) is 29.9 Å². The molecule has 67 heavy (non-hydrogen) atoms. The lowest BCUT2D eigenvalue weighted by Crippen LogP contribution is -2.09. The highest BCUT2D eigenvalue weighted by atomic mass is 32.2. The number of aromatic carboxylic acids is 8. The Balaban J connectivity index is 0.000000232. The van der Waals surface area contributed by atoms with E-state index in [9.17, 15) is 58.8 Å². The maximum Gasteiger partial charge on any atom is 0.336 e.